The molecule has 3 nitrogen and oxygen atoms in total. The van der Waals surface area contributed by atoms with Gasteiger partial charge in [0.05, 0.1) is 6.04 Å². The Morgan fingerprint density at radius 2 is 2.00 bits per heavy atom. The molecule has 1 atom stereocenters. The van der Waals surface area contributed by atoms with Gasteiger partial charge in [-0.1, -0.05) is 0 Å². The van der Waals surface area contributed by atoms with Crippen molar-refractivity contribution in [2.45, 2.75) is 19.1 Å². The number of aromatic nitrogens is 2. The van der Waals surface area contributed by atoms with Crippen LogP contribution in [-0.4, -0.2) is 10.2 Å². The van der Waals surface area contributed by atoms with E-state index < -0.39 is 11.9 Å². The van der Waals surface area contributed by atoms with Crippen molar-refractivity contribution in [1.82, 2.24) is 10.2 Å². The molecule has 0 aliphatic carbocycles. The lowest BCUT2D eigenvalue weighted by atomic mass is 10.2. The van der Waals surface area contributed by atoms with Crippen molar-refractivity contribution in [3.05, 3.63) is 40.2 Å². The molecule has 0 fully saturated rings. The molecule has 0 bridgehead atoms. The highest BCUT2D eigenvalue weighted by molar-refractivity contribution is 7.07. The molecular formula is C11H10F3N3S. The summed E-state index contributed by atoms with van der Waals surface area (Å²) in [6.45, 7) is 1.90. The van der Waals surface area contributed by atoms with E-state index in [4.69, 9.17) is 0 Å². The van der Waals surface area contributed by atoms with Crippen molar-refractivity contribution in [3.8, 4) is 0 Å². The summed E-state index contributed by atoms with van der Waals surface area (Å²) in [4.78, 5) is 0. The number of alkyl halides is 3. The lowest BCUT2D eigenvalue weighted by Gasteiger charge is -2.13. The summed E-state index contributed by atoms with van der Waals surface area (Å²) in [6, 6.07) is 4.11. The molecule has 0 saturated heterocycles. The summed E-state index contributed by atoms with van der Waals surface area (Å²) in [5.41, 5.74) is 0.0675. The Balaban J connectivity index is 2.07. The summed E-state index contributed by atoms with van der Waals surface area (Å²) in [7, 11) is 0. The van der Waals surface area contributed by atoms with Crippen LogP contribution in [0.15, 0.2) is 29.0 Å². The van der Waals surface area contributed by atoms with E-state index in [0.717, 1.165) is 11.6 Å². The predicted octanol–water partition coefficient (Wildman–Crippen LogP) is 3.73. The van der Waals surface area contributed by atoms with Crippen molar-refractivity contribution in [2.24, 2.45) is 0 Å². The van der Waals surface area contributed by atoms with Crippen LogP contribution in [0.4, 0.5) is 19.0 Å². The highest BCUT2D eigenvalue weighted by Gasteiger charge is 2.32. The summed E-state index contributed by atoms with van der Waals surface area (Å²) in [5.74, 6) is 0.321. The Hall–Kier alpha value is -1.63. The zero-order valence-electron chi connectivity index (χ0n) is 9.40. The number of nitrogens with one attached hydrogen (secondary N) is 1. The van der Waals surface area contributed by atoms with Crippen molar-refractivity contribution < 1.29 is 13.2 Å². The number of anilines is 1. The molecule has 1 N–H and O–H groups in total. The monoisotopic (exact) mass is 273 g/mol. The van der Waals surface area contributed by atoms with Crippen LogP contribution < -0.4 is 5.32 Å². The Bertz CT molecular complexity index is 493. The molecular weight excluding hydrogens is 263 g/mol. The van der Waals surface area contributed by atoms with Crippen molar-refractivity contribution in [1.29, 1.82) is 0 Å². The molecule has 0 saturated carbocycles. The van der Waals surface area contributed by atoms with E-state index in [-0.39, 0.29) is 6.04 Å². The zero-order valence-corrected chi connectivity index (χ0v) is 10.2. The first-order valence-electron chi connectivity index (χ1n) is 5.16. The predicted molar refractivity (Wildman–Crippen MR) is 63.4 cm³/mol. The number of rotatable bonds is 3. The van der Waals surface area contributed by atoms with E-state index in [1.807, 2.05) is 23.8 Å². The zero-order chi connectivity index (χ0) is 13.2. The molecule has 0 aliphatic heterocycles. The molecule has 18 heavy (non-hydrogen) atoms. The second-order valence-corrected chi connectivity index (χ2v) is 4.50. The van der Waals surface area contributed by atoms with E-state index in [2.05, 4.69) is 15.5 Å². The van der Waals surface area contributed by atoms with Gasteiger partial charge in [-0.2, -0.15) is 24.5 Å². The lowest BCUT2D eigenvalue weighted by molar-refractivity contribution is -0.141. The number of hydrogen-bond acceptors (Lipinski definition) is 4. The van der Waals surface area contributed by atoms with Crippen LogP contribution in [0.3, 0.4) is 0 Å². The second kappa shape index (κ2) is 4.93. The summed E-state index contributed by atoms with van der Waals surface area (Å²) >= 11 is 1.56. The van der Waals surface area contributed by atoms with Gasteiger partial charge in [-0.3, -0.25) is 0 Å². The SMILES string of the molecule is CC(Nc1ccc(C(F)(F)F)nn1)c1ccsc1. The number of thiophene rings is 1. The summed E-state index contributed by atoms with van der Waals surface area (Å²) < 4.78 is 36.9. The quantitative estimate of drug-likeness (QED) is 0.926. The fourth-order valence-corrected chi connectivity index (χ4v) is 2.14. The molecule has 0 amide bonds. The van der Waals surface area contributed by atoms with Crippen LogP contribution in [0.25, 0.3) is 0 Å². The van der Waals surface area contributed by atoms with Gasteiger partial charge in [-0.15, -0.1) is 10.2 Å². The van der Waals surface area contributed by atoms with E-state index in [0.29, 0.717) is 5.82 Å². The Labute approximate surface area is 106 Å². The maximum absolute atomic E-state index is 12.3. The highest BCUT2D eigenvalue weighted by Crippen LogP contribution is 2.27. The van der Waals surface area contributed by atoms with Gasteiger partial charge in [0.15, 0.2) is 5.69 Å². The molecule has 0 aromatic carbocycles. The van der Waals surface area contributed by atoms with Crippen molar-refractivity contribution in [3.63, 3.8) is 0 Å². The summed E-state index contributed by atoms with van der Waals surface area (Å²) in [5, 5.41) is 13.6. The van der Waals surface area contributed by atoms with Gasteiger partial charge in [0.1, 0.15) is 5.82 Å². The fraction of sp³-hybridized carbons (Fsp3) is 0.273. The average molecular weight is 273 g/mol. The first-order valence-corrected chi connectivity index (χ1v) is 6.10. The van der Waals surface area contributed by atoms with Crippen LogP contribution in [0, 0.1) is 0 Å². The number of hydrogen-bond donors (Lipinski definition) is 1. The average Bonchev–Trinajstić information content (AvgIpc) is 2.82. The molecule has 96 valence electrons. The maximum Gasteiger partial charge on any atom is 0.435 e. The van der Waals surface area contributed by atoms with Gasteiger partial charge in [-0.05, 0) is 41.4 Å². The van der Waals surface area contributed by atoms with Gasteiger partial charge in [0.25, 0.3) is 0 Å². The highest BCUT2D eigenvalue weighted by atomic mass is 32.1. The van der Waals surface area contributed by atoms with Crippen molar-refractivity contribution >= 4 is 17.2 Å². The molecule has 2 aromatic heterocycles. The van der Waals surface area contributed by atoms with E-state index in [1.165, 1.54) is 6.07 Å². The van der Waals surface area contributed by atoms with Gasteiger partial charge in [0, 0.05) is 0 Å². The molecule has 0 spiro atoms. The molecule has 0 radical (unpaired) electrons. The van der Waals surface area contributed by atoms with Crippen LogP contribution >= 0.6 is 11.3 Å². The Morgan fingerprint density at radius 3 is 2.50 bits per heavy atom. The van der Waals surface area contributed by atoms with Gasteiger partial charge >= 0.3 is 6.18 Å². The van der Waals surface area contributed by atoms with E-state index in [1.54, 1.807) is 11.3 Å². The van der Waals surface area contributed by atoms with Crippen LogP contribution in [0.5, 0.6) is 0 Å². The Morgan fingerprint density at radius 1 is 1.22 bits per heavy atom. The molecule has 0 aliphatic rings. The van der Waals surface area contributed by atoms with Gasteiger partial charge in [0.2, 0.25) is 0 Å². The van der Waals surface area contributed by atoms with Crippen LogP contribution in [0.1, 0.15) is 24.2 Å². The van der Waals surface area contributed by atoms with Gasteiger partial charge in [-0.25, -0.2) is 0 Å². The number of nitrogens with zero attached hydrogens (tertiary/aromatic N) is 2. The lowest BCUT2D eigenvalue weighted by Crippen LogP contribution is -2.12. The van der Waals surface area contributed by atoms with E-state index in [9.17, 15) is 13.2 Å². The van der Waals surface area contributed by atoms with Crippen molar-refractivity contribution in [2.75, 3.05) is 5.32 Å². The maximum atomic E-state index is 12.3. The molecule has 7 heteroatoms. The topological polar surface area (TPSA) is 37.8 Å². The third-order valence-corrected chi connectivity index (χ3v) is 3.06. The summed E-state index contributed by atoms with van der Waals surface area (Å²) in [6.07, 6.45) is -4.45. The first-order chi connectivity index (χ1) is 8.47. The molecule has 1 unspecified atom stereocenters. The number of halogens is 3. The standard InChI is InChI=1S/C11H10F3N3S/c1-7(8-4-5-18-6-8)15-10-3-2-9(16-17-10)11(12,13)14/h2-7H,1H3,(H,15,17). The largest absolute Gasteiger partial charge is 0.435 e. The minimum absolute atomic E-state index is 0.0257. The fourth-order valence-electron chi connectivity index (χ4n) is 1.39. The van der Waals surface area contributed by atoms with Gasteiger partial charge < -0.3 is 5.32 Å². The minimum Gasteiger partial charge on any atom is -0.362 e. The molecule has 2 heterocycles. The van der Waals surface area contributed by atoms with Crippen LogP contribution in [-0.2, 0) is 6.18 Å². The van der Waals surface area contributed by atoms with Crippen LogP contribution in [0.2, 0.25) is 0 Å². The first kappa shape index (κ1) is 12.8. The third kappa shape index (κ3) is 2.98. The minimum atomic E-state index is -4.45. The Kier molecular flexibility index (Phi) is 3.51. The normalized spacial score (nSPS) is 13.3. The smallest absolute Gasteiger partial charge is 0.362 e. The molecule has 2 aromatic rings. The third-order valence-electron chi connectivity index (χ3n) is 2.36. The molecule has 2 rings (SSSR count). The second-order valence-electron chi connectivity index (χ2n) is 3.72. The van der Waals surface area contributed by atoms with E-state index >= 15 is 0 Å².